The van der Waals surface area contributed by atoms with E-state index in [2.05, 4.69) is 21.2 Å². The summed E-state index contributed by atoms with van der Waals surface area (Å²) in [7, 11) is 0. The summed E-state index contributed by atoms with van der Waals surface area (Å²) >= 11 is 9.34. The predicted molar refractivity (Wildman–Crippen MR) is 124 cm³/mol. The minimum Gasteiger partial charge on any atom is -0.483 e. The molecule has 0 heterocycles. The maximum atomic E-state index is 13.0. The Kier molecular flexibility index (Phi) is 9.66. The highest BCUT2D eigenvalue weighted by atomic mass is 79.9. The van der Waals surface area contributed by atoms with Crippen LogP contribution in [0.3, 0.4) is 0 Å². The molecule has 0 spiro atoms. The van der Waals surface area contributed by atoms with E-state index in [0.29, 0.717) is 28.2 Å². The first-order valence-electron chi connectivity index (χ1n) is 10.0. The van der Waals surface area contributed by atoms with Crippen LogP contribution in [0.1, 0.15) is 32.8 Å². The molecule has 2 atom stereocenters. The molecular formula is C23H28BrClN2O3. The highest BCUT2D eigenvalue weighted by molar-refractivity contribution is 9.10. The van der Waals surface area contributed by atoms with Gasteiger partial charge in [-0.05, 0) is 66.4 Å². The summed E-state index contributed by atoms with van der Waals surface area (Å²) < 4.78 is 6.36. The van der Waals surface area contributed by atoms with Crippen LogP contribution >= 0.6 is 27.5 Å². The van der Waals surface area contributed by atoms with Crippen molar-refractivity contribution in [1.82, 2.24) is 10.2 Å². The first-order chi connectivity index (χ1) is 14.3. The lowest BCUT2D eigenvalue weighted by molar-refractivity contribution is -0.141. The quantitative estimate of drug-likeness (QED) is 0.512. The summed E-state index contributed by atoms with van der Waals surface area (Å²) in [5, 5.41) is 3.53. The first-order valence-corrected chi connectivity index (χ1v) is 11.2. The second-order valence-corrected chi connectivity index (χ2v) is 8.47. The van der Waals surface area contributed by atoms with Gasteiger partial charge in [-0.3, -0.25) is 9.59 Å². The molecule has 0 saturated carbocycles. The molecule has 0 bridgehead atoms. The molecule has 30 heavy (non-hydrogen) atoms. The van der Waals surface area contributed by atoms with Crippen LogP contribution in [0, 0.1) is 0 Å². The monoisotopic (exact) mass is 494 g/mol. The standard InChI is InChI=1S/C23H28BrClN2O3/c1-4-16(2)26-23(29)17(3)27(13-12-18-8-6-5-7-9-18)22(28)15-30-21-11-10-19(25)14-20(21)24/h5-11,14,16-17H,4,12-13,15H2,1-3H3,(H,26,29)/t16-,17+/m1/s1. The highest BCUT2D eigenvalue weighted by Crippen LogP contribution is 2.28. The molecule has 0 aromatic heterocycles. The van der Waals surface area contributed by atoms with Gasteiger partial charge in [-0.1, -0.05) is 48.9 Å². The van der Waals surface area contributed by atoms with E-state index < -0.39 is 6.04 Å². The van der Waals surface area contributed by atoms with Gasteiger partial charge < -0.3 is 15.0 Å². The molecule has 2 aromatic carbocycles. The van der Waals surface area contributed by atoms with E-state index >= 15 is 0 Å². The fourth-order valence-corrected chi connectivity index (χ4v) is 3.65. The first kappa shape index (κ1) is 24.2. The third-order valence-electron chi connectivity index (χ3n) is 4.90. The number of halogens is 2. The average Bonchev–Trinajstić information content (AvgIpc) is 2.73. The second kappa shape index (κ2) is 12.0. The van der Waals surface area contributed by atoms with Crippen molar-refractivity contribution in [3.63, 3.8) is 0 Å². The normalized spacial score (nSPS) is 12.7. The average molecular weight is 496 g/mol. The Morgan fingerprint density at radius 3 is 2.50 bits per heavy atom. The summed E-state index contributed by atoms with van der Waals surface area (Å²) in [5.74, 6) is 0.102. The zero-order valence-electron chi connectivity index (χ0n) is 17.5. The molecule has 2 rings (SSSR count). The molecule has 5 nitrogen and oxygen atoms in total. The van der Waals surface area contributed by atoms with Gasteiger partial charge in [0.15, 0.2) is 6.61 Å². The van der Waals surface area contributed by atoms with E-state index in [4.69, 9.17) is 16.3 Å². The molecule has 1 N–H and O–H groups in total. The summed E-state index contributed by atoms with van der Waals surface area (Å²) in [5.41, 5.74) is 1.10. The molecule has 162 valence electrons. The maximum Gasteiger partial charge on any atom is 0.261 e. The molecule has 0 radical (unpaired) electrons. The Labute approximate surface area is 191 Å². The lowest BCUT2D eigenvalue weighted by Gasteiger charge is -2.29. The summed E-state index contributed by atoms with van der Waals surface area (Å²) in [6.07, 6.45) is 1.47. The molecule has 0 saturated heterocycles. The topological polar surface area (TPSA) is 58.6 Å². The van der Waals surface area contributed by atoms with Gasteiger partial charge in [0.2, 0.25) is 5.91 Å². The molecule has 0 fully saturated rings. The number of carbonyl (C=O) groups is 2. The number of benzene rings is 2. The summed E-state index contributed by atoms with van der Waals surface area (Å²) in [4.78, 5) is 27.2. The minimum atomic E-state index is -0.604. The van der Waals surface area contributed by atoms with Crippen LogP contribution in [0.4, 0.5) is 0 Å². The van der Waals surface area contributed by atoms with Crippen LogP contribution in [0.15, 0.2) is 53.0 Å². The number of rotatable bonds is 10. The zero-order chi connectivity index (χ0) is 22.1. The molecule has 7 heteroatoms. The van der Waals surface area contributed by atoms with Crippen molar-refractivity contribution in [2.75, 3.05) is 13.2 Å². The molecule has 0 aliphatic carbocycles. The smallest absolute Gasteiger partial charge is 0.261 e. The Balaban J connectivity index is 2.09. The van der Waals surface area contributed by atoms with Gasteiger partial charge in [0.1, 0.15) is 11.8 Å². The van der Waals surface area contributed by atoms with Crippen molar-refractivity contribution in [3.8, 4) is 5.75 Å². The Hall–Kier alpha value is -2.05. The Bertz CT molecular complexity index is 848. The van der Waals surface area contributed by atoms with E-state index in [-0.39, 0.29) is 24.5 Å². The number of carbonyl (C=O) groups excluding carboxylic acids is 2. The zero-order valence-corrected chi connectivity index (χ0v) is 19.9. The number of ether oxygens (including phenoxy) is 1. The van der Waals surface area contributed by atoms with E-state index in [1.165, 1.54) is 0 Å². The second-order valence-electron chi connectivity index (χ2n) is 7.18. The lowest BCUT2D eigenvalue weighted by Crippen LogP contribution is -2.51. The van der Waals surface area contributed by atoms with Crippen LogP contribution in [0.2, 0.25) is 5.02 Å². The van der Waals surface area contributed by atoms with Crippen molar-refractivity contribution in [3.05, 3.63) is 63.6 Å². The van der Waals surface area contributed by atoms with E-state index in [1.54, 1.807) is 30.0 Å². The molecule has 0 unspecified atom stereocenters. The van der Waals surface area contributed by atoms with Crippen molar-refractivity contribution >= 4 is 39.3 Å². The van der Waals surface area contributed by atoms with Crippen LogP contribution < -0.4 is 10.1 Å². The summed E-state index contributed by atoms with van der Waals surface area (Å²) in [6.45, 7) is 5.95. The van der Waals surface area contributed by atoms with Crippen LogP contribution in [-0.4, -0.2) is 41.9 Å². The molecule has 0 aliphatic rings. The molecular weight excluding hydrogens is 468 g/mol. The van der Waals surface area contributed by atoms with Gasteiger partial charge in [0.05, 0.1) is 4.47 Å². The number of amides is 2. The van der Waals surface area contributed by atoms with E-state index in [1.807, 2.05) is 44.2 Å². The number of hydrogen-bond donors (Lipinski definition) is 1. The summed E-state index contributed by atoms with van der Waals surface area (Å²) in [6, 6.07) is 14.4. The largest absolute Gasteiger partial charge is 0.483 e. The van der Waals surface area contributed by atoms with Crippen molar-refractivity contribution < 1.29 is 14.3 Å². The van der Waals surface area contributed by atoms with Crippen LogP contribution in [0.5, 0.6) is 5.75 Å². The lowest BCUT2D eigenvalue weighted by atomic mass is 10.1. The Morgan fingerprint density at radius 1 is 1.17 bits per heavy atom. The van der Waals surface area contributed by atoms with Gasteiger partial charge >= 0.3 is 0 Å². The third-order valence-corrected chi connectivity index (χ3v) is 5.75. The fourth-order valence-electron chi connectivity index (χ4n) is 2.85. The van der Waals surface area contributed by atoms with Crippen molar-refractivity contribution in [2.45, 2.75) is 45.7 Å². The van der Waals surface area contributed by atoms with E-state index in [0.717, 1.165) is 12.0 Å². The number of hydrogen-bond acceptors (Lipinski definition) is 3. The van der Waals surface area contributed by atoms with Gasteiger partial charge in [-0.2, -0.15) is 0 Å². The highest BCUT2D eigenvalue weighted by Gasteiger charge is 2.26. The Morgan fingerprint density at radius 2 is 1.87 bits per heavy atom. The van der Waals surface area contributed by atoms with E-state index in [9.17, 15) is 9.59 Å². The predicted octanol–water partition coefficient (Wildman–Crippen LogP) is 4.86. The number of nitrogens with one attached hydrogen (secondary N) is 1. The van der Waals surface area contributed by atoms with Crippen LogP contribution in [0.25, 0.3) is 0 Å². The molecule has 0 aliphatic heterocycles. The van der Waals surface area contributed by atoms with Gasteiger partial charge in [0, 0.05) is 17.6 Å². The minimum absolute atomic E-state index is 0.0484. The fraction of sp³-hybridized carbons (Fsp3) is 0.391. The van der Waals surface area contributed by atoms with Gasteiger partial charge in [-0.25, -0.2) is 0 Å². The molecule has 2 aromatic rings. The third kappa shape index (κ3) is 7.33. The van der Waals surface area contributed by atoms with Gasteiger partial charge in [-0.15, -0.1) is 0 Å². The van der Waals surface area contributed by atoms with Crippen LogP contribution in [-0.2, 0) is 16.0 Å². The maximum absolute atomic E-state index is 13.0. The van der Waals surface area contributed by atoms with Crippen molar-refractivity contribution in [2.24, 2.45) is 0 Å². The van der Waals surface area contributed by atoms with Crippen molar-refractivity contribution in [1.29, 1.82) is 0 Å². The molecule has 2 amide bonds. The van der Waals surface area contributed by atoms with Gasteiger partial charge in [0.25, 0.3) is 5.91 Å². The SMILES string of the molecule is CC[C@@H](C)NC(=O)[C@H](C)N(CCc1ccccc1)C(=O)COc1ccc(Cl)cc1Br. The number of nitrogens with zero attached hydrogens (tertiary/aromatic N) is 1.